The van der Waals surface area contributed by atoms with Crippen molar-refractivity contribution >= 4 is 34.8 Å². The van der Waals surface area contributed by atoms with Gasteiger partial charge in [-0.1, -0.05) is 17.7 Å². The second-order valence-electron chi connectivity index (χ2n) is 5.00. The van der Waals surface area contributed by atoms with Crippen molar-refractivity contribution < 1.29 is 9.59 Å². The SMILES string of the molecule is CCN(Cc1cccs1)C(=O)CCNC(=O)c1ccc(Cl)cc1. The summed E-state index contributed by atoms with van der Waals surface area (Å²) in [7, 11) is 0. The molecule has 0 aliphatic rings. The van der Waals surface area contributed by atoms with Gasteiger partial charge in [0.25, 0.3) is 5.91 Å². The van der Waals surface area contributed by atoms with Crippen LogP contribution in [-0.2, 0) is 11.3 Å². The Labute approximate surface area is 145 Å². The van der Waals surface area contributed by atoms with E-state index in [2.05, 4.69) is 5.32 Å². The van der Waals surface area contributed by atoms with Gasteiger partial charge in [-0.3, -0.25) is 9.59 Å². The minimum Gasteiger partial charge on any atom is -0.352 e. The fourth-order valence-corrected chi connectivity index (χ4v) is 2.96. The summed E-state index contributed by atoms with van der Waals surface area (Å²) in [6.07, 6.45) is 0.290. The number of nitrogens with zero attached hydrogens (tertiary/aromatic N) is 1. The Morgan fingerprint density at radius 1 is 1.22 bits per heavy atom. The van der Waals surface area contributed by atoms with Gasteiger partial charge < -0.3 is 10.2 Å². The van der Waals surface area contributed by atoms with Gasteiger partial charge in [-0.25, -0.2) is 0 Å². The smallest absolute Gasteiger partial charge is 0.251 e. The van der Waals surface area contributed by atoms with Crippen molar-refractivity contribution in [2.75, 3.05) is 13.1 Å². The minimum atomic E-state index is -0.198. The fraction of sp³-hybridized carbons (Fsp3) is 0.294. The van der Waals surface area contributed by atoms with Crippen LogP contribution in [0.1, 0.15) is 28.6 Å². The van der Waals surface area contributed by atoms with Gasteiger partial charge in [0.1, 0.15) is 0 Å². The molecule has 0 unspecified atom stereocenters. The molecular formula is C17H19ClN2O2S. The Hall–Kier alpha value is -1.85. The van der Waals surface area contributed by atoms with Crippen LogP contribution in [0, 0.1) is 0 Å². The number of amides is 2. The van der Waals surface area contributed by atoms with Crippen LogP contribution in [0.5, 0.6) is 0 Å². The van der Waals surface area contributed by atoms with Gasteiger partial charge in [-0.15, -0.1) is 11.3 Å². The highest BCUT2D eigenvalue weighted by Gasteiger charge is 2.13. The Morgan fingerprint density at radius 2 is 1.96 bits per heavy atom. The first-order valence-electron chi connectivity index (χ1n) is 7.44. The average Bonchev–Trinajstić information content (AvgIpc) is 3.06. The monoisotopic (exact) mass is 350 g/mol. The summed E-state index contributed by atoms with van der Waals surface area (Å²) >= 11 is 7.43. The maximum atomic E-state index is 12.2. The van der Waals surface area contributed by atoms with Crippen molar-refractivity contribution in [3.8, 4) is 0 Å². The van der Waals surface area contributed by atoms with Crippen LogP contribution in [0.3, 0.4) is 0 Å². The molecule has 4 nitrogen and oxygen atoms in total. The molecule has 2 amide bonds. The number of rotatable bonds is 7. The molecular weight excluding hydrogens is 332 g/mol. The molecule has 0 bridgehead atoms. The van der Waals surface area contributed by atoms with E-state index < -0.39 is 0 Å². The van der Waals surface area contributed by atoms with Gasteiger partial charge >= 0.3 is 0 Å². The van der Waals surface area contributed by atoms with Gasteiger partial charge in [-0.2, -0.15) is 0 Å². The number of benzene rings is 1. The molecule has 6 heteroatoms. The quantitative estimate of drug-likeness (QED) is 0.829. The zero-order chi connectivity index (χ0) is 16.7. The lowest BCUT2D eigenvalue weighted by atomic mass is 10.2. The topological polar surface area (TPSA) is 49.4 Å². The highest BCUT2D eigenvalue weighted by molar-refractivity contribution is 7.09. The Bertz CT molecular complexity index is 641. The van der Waals surface area contributed by atoms with Crippen molar-refractivity contribution in [2.45, 2.75) is 19.9 Å². The normalized spacial score (nSPS) is 10.3. The molecule has 1 aromatic carbocycles. The number of thiophene rings is 1. The molecule has 0 saturated heterocycles. The van der Waals surface area contributed by atoms with E-state index in [1.165, 1.54) is 0 Å². The van der Waals surface area contributed by atoms with Crippen LogP contribution in [0.4, 0.5) is 0 Å². The molecule has 0 spiro atoms. The third kappa shape index (κ3) is 5.37. The van der Waals surface area contributed by atoms with Gasteiger partial charge in [0.05, 0.1) is 6.54 Å². The summed E-state index contributed by atoms with van der Waals surface area (Å²) in [5.74, 6) is -0.159. The molecule has 1 N–H and O–H groups in total. The van der Waals surface area contributed by atoms with E-state index in [1.54, 1.807) is 40.5 Å². The summed E-state index contributed by atoms with van der Waals surface area (Å²) in [6, 6.07) is 10.7. The summed E-state index contributed by atoms with van der Waals surface area (Å²) < 4.78 is 0. The first-order valence-corrected chi connectivity index (χ1v) is 8.70. The number of carbonyl (C=O) groups excluding carboxylic acids is 2. The zero-order valence-electron chi connectivity index (χ0n) is 12.9. The Morgan fingerprint density at radius 3 is 2.57 bits per heavy atom. The number of hydrogen-bond acceptors (Lipinski definition) is 3. The van der Waals surface area contributed by atoms with Crippen molar-refractivity contribution in [1.29, 1.82) is 0 Å². The second kappa shape index (κ2) is 8.70. The average molecular weight is 351 g/mol. The van der Waals surface area contributed by atoms with Crippen LogP contribution < -0.4 is 5.32 Å². The van der Waals surface area contributed by atoms with E-state index in [1.807, 2.05) is 24.4 Å². The number of carbonyl (C=O) groups is 2. The summed E-state index contributed by atoms with van der Waals surface area (Å²) in [5.41, 5.74) is 0.535. The third-order valence-corrected chi connectivity index (χ3v) is 4.51. The predicted molar refractivity (Wildman–Crippen MR) is 93.8 cm³/mol. The zero-order valence-corrected chi connectivity index (χ0v) is 14.5. The van der Waals surface area contributed by atoms with Gasteiger partial charge in [0.2, 0.25) is 5.91 Å². The van der Waals surface area contributed by atoms with Crippen molar-refractivity contribution in [3.05, 3.63) is 57.2 Å². The maximum absolute atomic E-state index is 12.2. The van der Waals surface area contributed by atoms with Gasteiger partial charge in [-0.05, 0) is 42.6 Å². The van der Waals surface area contributed by atoms with Gasteiger partial charge in [0, 0.05) is 35.0 Å². The minimum absolute atomic E-state index is 0.0392. The van der Waals surface area contributed by atoms with Gasteiger partial charge in [0.15, 0.2) is 0 Å². The van der Waals surface area contributed by atoms with Crippen molar-refractivity contribution in [1.82, 2.24) is 10.2 Å². The molecule has 122 valence electrons. The first-order chi connectivity index (χ1) is 11.1. The van der Waals surface area contributed by atoms with Crippen LogP contribution >= 0.6 is 22.9 Å². The lowest BCUT2D eigenvalue weighted by Gasteiger charge is -2.20. The predicted octanol–water partition coefficient (Wildman–Crippen LogP) is 3.57. The second-order valence-corrected chi connectivity index (χ2v) is 6.47. The first kappa shape index (κ1) is 17.5. The molecule has 0 radical (unpaired) electrons. The van der Waals surface area contributed by atoms with Crippen LogP contribution in [0.15, 0.2) is 41.8 Å². The van der Waals surface area contributed by atoms with E-state index in [-0.39, 0.29) is 11.8 Å². The highest BCUT2D eigenvalue weighted by atomic mass is 35.5. The standard InChI is InChI=1S/C17H19ClN2O2S/c1-2-20(12-15-4-3-11-23-15)16(21)9-10-19-17(22)13-5-7-14(18)8-6-13/h3-8,11H,2,9-10,12H2,1H3,(H,19,22). The third-order valence-electron chi connectivity index (χ3n) is 3.39. The summed E-state index contributed by atoms with van der Waals surface area (Å²) in [4.78, 5) is 27.1. The van der Waals surface area contributed by atoms with E-state index >= 15 is 0 Å². The van der Waals surface area contributed by atoms with E-state index in [4.69, 9.17) is 11.6 Å². The fourth-order valence-electron chi connectivity index (χ4n) is 2.11. The summed E-state index contributed by atoms with van der Waals surface area (Å²) in [5, 5.41) is 5.35. The molecule has 23 heavy (non-hydrogen) atoms. The van der Waals surface area contributed by atoms with E-state index in [0.29, 0.717) is 36.6 Å². The number of nitrogens with one attached hydrogen (secondary N) is 1. The molecule has 1 aromatic heterocycles. The lowest BCUT2D eigenvalue weighted by molar-refractivity contribution is -0.131. The maximum Gasteiger partial charge on any atom is 0.251 e. The molecule has 1 heterocycles. The Kier molecular flexibility index (Phi) is 6.62. The summed E-state index contributed by atoms with van der Waals surface area (Å²) in [6.45, 7) is 3.55. The van der Waals surface area contributed by atoms with Crippen molar-refractivity contribution in [2.24, 2.45) is 0 Å². The molecule has 0 fully saturated rings. The molecule has 2 rings (SSSR count). The highest BCUT2D eigenvalue weighted by Crippen LogP contribution is 2.12. The largest absolute Gasteiger partial charge is 0.352 e. The molecule has 0 aliphatic heterocycles. The van der Waals surface area contributed by atoms with E-state index in [0.717, 1.165) is 4.88 Å². The molecule has 0 atom stereocenters. The molecule has 0 saturated carbocycles. The lowest BCUT2D eigenvalue weighted by Crippen LogP contribution is -2.34. The van der Waals surface area contributed by atoms with Crippen LogP contribution in [0.25, 0.3) is 0 Å². The van der Waals surface area contributed by atoms with Crippen LogP contribution in [0.2, 0.25) is 5.02 Å². The Balaban J connectivity index is 1.79. The van der Waals surface area contributed by atoms with Crippen molar-refractivity contribution in [3.63, 3.8) is 0 Å². The molecule has 0 aliphatic carbocycles. The van der Waals surface area contributed by atoms with E-state index in [9.17, 15) is 9.59 Å². The van der Waals surface area contributed by atoms with Crippen LogP contribution in [-0.4, -0.2) is 29.8 Å². The molecule has 2 aromatic rings. The number of halogens is 1. The number of hydrogen-bond donors (Lipinski definition) is 1.